The minimum atomic E-state index is -3.34. The zero-order valence-corrected chi connectivity index (χ0v) is 13.3. The molecular weight excluding hydrogens is 306 g/mol. The van der Waals surface area contributed by atoms with Gasteiger partial charge in [0.2, 0.25) is 10.0 Å². The Morgan fingerprint density at radius 3 is 2.59 bits per heavy atom. The van der Waals surface area contributed by atoms with Crippen LogP contribution in [0.2, 0.25) is 0 Å². The zero-order chi connectivity index (χ0) is 15.7. The molecule has 7 nitrogen and oxygen atoms in total. The molecule has 0 bridgehead atoms. The first-order valence-electron chi connectivity index (χ1n) is 7.28. The third-order valence-corrected chi connectivity index (χ3v) is 6.22. The van der Waals surface area contributed by atoms with Gasteiger partial charge in [0.15, 0.2) is 0 Å². The van der Waals surface area contributed by atoms with Gasteiger partial charge in [0.1, 0.15) is 10.9 Å². The van der Waals surface area contributed by atoms with Gasteiger partial charge in [0, 0.05) is 31.9 Å². The van der Waals surface area contributed by atoms with E-state index in [1.165, 1.54) is 9.21 Å². The lowest BCUT2D eigenvalue weighted by Gasteiger charge is -2.41. The molecule has 3 heterocycles. The number of morpholine rings is 1. The highest BCUT2D eigenvalue weighted by atomic mass is 32.2. The smallest absolute Gasteiger partial charge is 0.272 e. The summed E-state index contributed by atoms with van der Waals surface area (Å²) in [4.78, 5) is 18.0. The number of carbonyl (C=O) groups excluding carboxylic acids is 1. The molecule has 1 amide bonds. The molecule has 0 radical (unpaired) electrons. The van der Waals surface area contributed by atoms with Crippen molar-refractivity contribution in [1.29, 1.82) is 0 Å². The maximum atomic E-state index is 12.4. The molecule has 0 unspecified atom stereocenters. The van der Waals surface area contributed by atoms with Gasteiger partial charge in [-0.3, -0.25) is 4.79 Å². The van der Waals surface area contributed by atoms with Gasteiger partial charge in [-0.1, -0.05) is 6.07 Å². The molecule has 0 aromatic carbocycles. The lowest BCUT2D eigenvalue weighted by atomic mass is 10.2. The van der Waals surface area contributed by atoms with Crippen LogP contribution in [0.1, 0.15) is 16.2 Å². The molecule has 1 aromatic heterocycles. The molecule has 2 aliphatic rings. The molecular formula is C14H19N3O4S. The van der Waals surface area contributed by atoms with Crippen LogP contribution >= 0.6 is 0 Å². The summed E-state index contributed by atoms with van der Waals surface area (Å²) in [5, 5.41) is -0.514. The number of aryl methyl sites for hydroxylation is 1. The van der Waals surface area contributed by atoms with Crippen LogP contribution in [-0.2, 0) is 14.8 Å². The Morgan fingerprint density at radius 2 is 1.95 bits per heavy atom. The molecule has 22 heavy (non-hydrogen) atoms. The van der Waals surface area contributed by atoms with Gasteiger partial charge in [-0.25, -0.2) is 13.4 Å². The fourth-order valence-electron chi connectivity index (χ4n) is 2.63. The summed E-state index contributed by atoms with van der Waals surface area (Å²) < 4.78 is 31.5. The Kier molecular flexibility index (Phi) is 4.16. The van der Waals surface area contributed by atoms with Crippen molar-refractivity contribution in [2.24, 2.45) is 0 Å². The summed E-state index contributed by atoms with van der Waals surface area (Å²) >= 11 is 0. The number of sulfonamides is 1. The molecule has 0 saturated carbocycles. The van der Waals surface area contributed by atoms with Crippen LogP contribution in [0.15, 0.2) is 18.2 Å². The first-order chi connectivity index (χ1) is 10.5. The lowest BCUT2D eigenvalue weighted by molar-refractivity contribution is 0.0612. The number of amides is 1. The zero-order valence-electron chi connectivity index (χ0n) is 12.4. The predicted octanol–water partition coefficient (Wildman–Crippen LogP) is -0.124. The van der Waals surface area contributed by atoms with E-state index >= 15 is 0 Å². The molecule has 0 N–H and O–H groups in total. The molecule has 8 heteroatoms. The quantitative estimate of drug-likeness (QED) is 0.774. The molecule has 3 rings (SSSR count). The molecule has 0 aliphatic carbocycles. The fourth-order valence-corrected chi connectivity index (χ4v) is 4.44. The van der Waals surface area contributed by atoms with E-state index in [0.717, 1.165) is 5.69 Å². The third-order valence-electron chi connectivity index (χ3n) is 3.99. The Balaban J connectivity index is 1.62. The van der Waals surface area contributed by atoms with Gasteiger partial charge in [-0.05, 0) is 19.1 Å². The van der Waals surface area contributed by atoms with E-state index < -0.39 is 15.3 Å². The Bertz CT molecular complexity index is 664. The standard InChI is InChI=1S/C14H19N3O4S/c1-11-3-2-4-13(15-11)14(18)16-9-12(10-16)22(19,20)17-5-7-21-8-6-17/h2-4,12H,5-10H2,1H3. The number of aromatic nitrogens is 1. The molecule has 0 atom stereocenters. The Hall–Kier alpha value is -1.51. The fraction of sp³-hybridized carbons (Fsp3) is 0.571. The van der Waals surface area contributed by atoms with Crippen molar-refractivity contribution in [3.63, 3.8) is 0 Å². The number of hydrogen-bond donors (Lipinski definition) is 0. The summed E-state index contributed by atoms with van der Waals surface area (Å²) in [6, 6.07) is 5.25. The minimum absolute atomic E-state index is 0.211. The van der Waals surface area contributed by atoms with E-state index in [2.05, 4.69) is 4.98 Å². The maximum Gasteiger partial charge on any atom is 0.272 e. The molecule has 2 aliphatic heterocycles. The van der Waals surface area contributed by atoms with Crippen molar-refractivity contribution in [2.45, 2.75) is 12.2 Å². The molecule has 120 valence electrons. The van der Waals surface area contributed by atoms with Crippen molar-refractivity contribution in [1.82, 2.24) is 14.2 Å². The topological polar surface area (TPSA) is 79.8 Å². The number of nitrogens with zero attached hydrogens (tertiary/aromatic N) is 3. The highest BCUT2D eigenvalue weighted by Gasteiger charge is 2.43. The van der Waals surface area contributed by atoms with Gasteiger partial charge < -0.3 is 9.64 Å². The third kappa shape index (κ3) is 2.86. The van der Waals surface area contributed by atoms with Crippen LogP contribution in [0.4, 0.5) is 0 Å². The van der Waals surface area contributed by atoms with Gasteiger partial charge in [0.25, 0.3) is 5.91 Å². The highest BCUT2D eigenvalue weighted by Crippen LogP contribution is 2.22. The number of ether oxygens (including phenoxy) is 1. The van der Waals surface area contributed by atoms with E-state index in [9.17, 15) is 13.2 Å². The molecule has 2 fully saturated rings. The van der Waals surface area contributed by atoms with Crippen LogP contribution in [0.3, 0.4) is 0 Å². The molecule has 0 spiro atoms. The number of likely N-dealkylation sites (tertiary alicyclic amines) is 1. The first kappa shape index (κ1) is 15.4. The summed E-state index contributed by atoms with van der Waals surface area (Å²) in [7, 11) is -3.34. The number of carbonyl (C=O) groups is 1. The lowest BCUT2D eigenvalue weighted by Crippen LogP contribution is -2.61. The second kappa shape index (κ2) is 5.94. The Labute approximate surface area is 129 Å². The average Bonchev–Trinajstić information content (AvgIpc) is 2.46. The predicted molar refractivity (Wildman–Crippen MR) is 80.0 cm³/mol. The maximum absolute atomic E-state index is 12.4. The van der Waals surface area contributed by atoms with Crippen molar-refractivity contribution < 1.29 is 17.9 Å². The summed E-state index contributed by atoms with van der Waals surface area (Å²) in [5.74, 6) is -0.211. The Morgan fingerprint density at radius 1 is 1.27 bits per heavy atom. The van der Waals surface area contributed by atoms with Gasteiger partial charge in [0.05, 0.1) is 13.2 Å². The number of pyridine rings is 1. The van der Waals surface area contributed by atoms with E-state index in [0.29, 0.717) is 32.0 Å². The largest absolute Gasteiger partial charge is 0.379 e. The van der Waals surface area contributed by atoms with E-state index in [1.54, 1.807) is 12.1 Å². The second-order valence-electron chi connectivity index (χ2n) is 5.55. The van der Waals surface area contributed by atoms with Crippen LogP contribution in [0.25, 0.3) is 0 Å². The van der Waals surface area contributed by atoms with Crippen molar-refractivity contribution in [3.05, 3.63) is 29.6 Å². The van der Waals surface area contributed by atoms with E-state index in [-0.39, 0.29) is 19.0 Å². The van der Waals surface area contributed by atoms with Crippen LogP contribution in [0, 0.1) is 6.92 Å². The van der Waals surface area contributed by atoms with Crippen LogP contribution in [0.5, 0.6) is 0 Å². The van der Waals surface area contributed by atoms with Crippen molar-refractivity contribution >= 4 is 15.9 Å². The summed E-state index contributed by atoms with van der Waals surface area (Å²) in [5.41, 5.74) is 1.13. The van der Waals surface area contributed by atoms with Crippen LogP contribution < -0.4 is 0 Å². The highest BCUT2D eigenvalue weighted by molar-refractivity contribution is 7.89. The van der Waals surface area contributed by atoms with Gasteiger partial charge >= 0.3 is 0 Å². The van der Waals surface area contributed by atoms with Crippen molar-refractivity contribution in [2.75, 3.05) is 39.4 Å². The average molecular weight is 325 g/mol. The summed E-state index contributed by atoms with van der Waals surface area (Å²) in [6.07, 6.45) is 0. The van der Waals surface area contributed by atoms with E-state index in [1.807, 2.05) is 13.0 Å². The number of hydrogen-bond acceptors (Lipinski definition) is 5. The summed E-state index contributed by atoms with van der Waals surface area (Å²) in [6.45, 7) is 3.93. The monoisotopic (exact) mass is 325 g/mol. The first-order valence-corrected chi connectivity index (χ1v) is 8.78. The van der Waals surface area contributed by atoms with Gasteiger partial charge in [-0.15, -0.1) is 0 Å². The van der Waals surface area contributed by atoms with Crippen molar-refractivity contribution in [3.8, 4) is 0 Å². The van der Waals surface area contributed by atoms with Crippen LogP contribution in [-0.4, -0.2) is 73.2 Å². The molecule has 2 saturated heterocycles. The van der Waals surface area contributed by atoms with Gasteiger partial charge in [-0.2, -0.15) is 4.31 Å². The SMILES string of the molecule is Cc1cccc(C(=O)N2CC(S(=O)(=O)N3CCOCC3)C2)n1. The number of rotatable bonds is 3. The minimum Gasteiger partial charge on any atom is -0.379 e. The van der Waals surface area contributed by atoms with E-state index in [4.69, 9.17) is 4.74 Å². The second-order valence-corrected chi connectivity index (χ2v) is 7.77. The normalized spacial score (nSPS) is 20.7. The molecule has 1 aromatic rings.